The smallest absolute Gasteiger partial charge is 0.329 e. The first-order valence-electron chi connectivity index (χ1n) is 7.38. The normalized spacial score (nSPS) is 21.9. The molecule has 2 N–H and O–H groups in total. The van der Waals surface area contributed by atoms with Crippen LogP contribution in [0.1, 0.15) is 38.7 Å². The van der Waals surface area contributed by atoms with Crippen molar-refractivity contribution in [3.63, 3.8) is 0 Å². The molecule has 0 radical (unpaired) electrons. The highest BCUT2D eigenvalue weighted by molar-refractivity contribution is 5.94. The minimum Gasteiger partial charge on any atom is -0.480 e. The number of hydrogen-bond donors (Lipinski definition) is 2. The van der Waals surface area contributed by atoms with Gasteiger partial charge >= 0.3 is 12.0 Å². The van der Waals surface area contributed by atoms with Crippen molar-refractivity contribution in [3.8, 4) is 0 Å². The van der Waals surface area contributed by atoms with Crippen LogP contribution in [-0.4, -0.2) is 34.1 Å². The maximum Gasteiger partial charge on any atom is 0.329 e. The van der Waals surface area contributed by atoms with E-state index in [1.54, 1.807) is 6.92 Å². The van der Waals surface area contributed by atoms with E-state index in [-0.39, 0.29) is 6.03 Å². The zero-order valence-corrected chi connectivity index (χ0v) is 12.6. The summed E-state index contributed by atoms with van der Waals surface area (Å²) in [6, 6.07) is 7.28. The first kappa shape index (κ1) is 15.4. The topological polar surface area (TPSA) is 69.6 Å². The molecule has 1 heterocycles. The zero-order valence-electron chi connectivity index (χ0n) is 12.6. The molecular weight excluding hydrogens is 268 g/mol. The minimum atomic E-state index is -1.12. The van der Waals surface area contributed by atoms with Gasteiger partial charge in [0.05, 0.1) is 0 Å². The van der Waals surface area contributed by atoms with E-state index in [9.17, 15) is 14.7 Å². The van der Waals surface area contributed by atoms with Crippen LogP contribution in [0.25, 0.3) is 0 Å². The lowest BCUT2D eigenvalue weighted by molar-refractivity contribution is -0.150. The molecule has 2 amide bonds. The maximum absolute atomic E-state index is 12.4. The third kappa shape index (κ3) is 3.17. The summed E-state index contributed by atoms with van der Waals surface area (Å²) in [5.41, 5.74) is 0.718. The lowest BCUT2D eigenvalue weighted by Crippen LogP contribution is -2.58. The third-order valence-electron chi connectivity index (χ3n) is 4.18. The van der Waals surface area contributed by atoms with Crippen LogP contribution in [0.3, 0.4) is 0 Å². The minimum absolute atomic E-state index is 0.340. The van der Waals surface area contributed by atoms with Gasteiger partial charge < -0.3 is 15.3 Å². The number of carbonyl (C=O) groups excluding carboxylic acids is 1. The summed E-state index contributed by atoms with van der Waals surface area (Å²) in [5.74, 6) is -0.945. The van der Waals surface area contributed by atoms with Gasteiger partial charge in [0.25, 0.3) is 0 Å². The van der Waals surface area contributed by atoms with E-state index in [0.29, 0.717) is 18.7 Å². The largest absolute Gasteiger partial charge is 0.480 e. The number of aryl methyl sites for hydroxylation is 1. The number of rotatable bonds is 3. The number of carbonyl (C=O) groups is 2. The van der Waals surface area contributed by atoms with Crippen molar-refractivity contribution in [2.24, 2.45) is 0 Å². The first-order chi connectivity index (χ1) is 9.97. The number of amides is 2. The van der Waals surface area contributed by atoms with Crippen molar-refractivity contribution >= 4 is 17.7 Å². The molecule has 1 aliphatic heterocycles. The summed E-state index contributed by atoms with van der Waals surface area (Å²) >= 11 is 0. The van der Waals surface area contributed by atoms with E-state index in [2.05, 4.69) is 5.32 Å². The van der Waals surface area contributed by atoms with E-state index < -0.39 is 11.5 Å². The van der Waals surface area contributed by atoms with Crippen LogP contribution in [-0.2, 0) is 11.2 Å². The van der Waals surface area contributed by atoms with Gasteiger partial charge in [0, 0.05) is 12.2 Å². The van der Waals surface area contributed by atoms with Gasteiger partial charge in [-0.05, 0) is 50.3 Å². The molecule has 2 rings (SSSR count). The number of carboxylic acids is 1. The summed E-state index contributed by atoms with van der Waals surface area (Å²) in [6.07, 6.45) is 3.05. The lowest BCUT2D eigenvalue weighted by atomic mass is 9.89. The van der Waals surface area contributed by atoms with Crippen molar-refractivity contribution < 1.29 is 14.7 Å². The molecule has 1 fully saturated rings. The van der Waals surface area contributed by atoms with Gasteiger partial charge in [0.15, 0.2) is 0 Å². The van der Waals surface area contributed by atoms with Crippen molar-refractivity contribution in [3.05, 3.63) is 29.8 Å². The number of urea groups is 1. The number of benzene rings is 1. The number of nitrogens with zero attached hydrogens (tertiary/aromatic N) is 1. The number of hydrogen-bond acceptors (Lipinski definition) is 2. The molecule has 1 saturated heterocycles. The number of carboxylic acid groups (broad SMARTS) is 1. The Labute approximate surface area is 125 Å². The fourth-order valence-electron chi connectivity index (χ4n) is 2.73. The highest BCUT2D eigenvalue weighted by atomic mass is 16.4. The number of nitrogens with one attached hydrogen (secondary N) is 1. The lowest BCUT2D eigenvalue weighted by Gasteiger charge is -2.41. The highest BCUT2D eigenvalue weighted by Gasteiger charge is 2.43. The molecule has 1 aromatic carbocycles. The summed E-state index contributed by atoms with van der Waals surface area (Å²) in [6.45, 7) is 4.14. The number of aliphatic carboxylic acids is 1. The number of piperidine rings is 1. The van der Waals surface area contributed by atoms with Crippen molar-refractivity contribution in [1.82, 2.24) is 4.90 Å². The second kappa shape index (κ2) is 6.16. The molecule has 1 atom stereocenters. The van der Waals surface area contributed by atoms with Crippen LogP contribution < -0.4 is 5.32 Å². The maximum atomic E-state index is 12.4. The highest BCUT2D eigenvalue weighted by Crippen LogP contribution is 2.29. The first-order valence-corrected chi connectivity index (χ1v) is 7.38. The third-order valence-corrected chi connectivity index (χ3v) is 4.18. The standard InChI is InChI=1S/C16H22N2O3/c1-3-12-7-6-8-13(11-12)17-15(21)18-10-5-4-9-16(18,2)14(19)20/h6-8,11H,3-5,9-10H2,1-2H3,(H,17,21)(H,19,20). The van der Waals surface area contributed by atoms with Gasteiger partial charge in [-0.1, -0.05) is 19.1 Å². The predicted octanol–water partition coefficient (Wildman–Crippen LogP) is 3.11. The molecule has 0 aromatic heterocycles. The Morgan fingerprint density at radius 3 is 2.81 bits per heavy atom. The SMILES string of the molecule is CCc1cccc(NC(=O)N2CCCCC2(C)C(=O)O)c1. The van der Waals surface area contributed by atoms with Gasteiger partial charge in [0.2, 0.25) is 0 Å². The van der Waals surface area contributed by atoms with E-state index >= 15 is 0 Å². The summed E-state index contributed by atoms with van der Waals surface area (Å²) in [4.78, 5) is 25.4. The molecule has 5 nitrogen and oxygen atoms in total. The Balaban J connectivity index is 2.16. The van der Waals surface area contributed by atoms with Gasteiger partial charge in [-0.15, -0.1) is 0 Å². The monoisotopic (exact) mass is 290 g/mol. The summed E-state index contributed by atoms with van der Waals surface area (Å²) < 4.78 is 0. The molecular formula is C16H22N2O3. The Hall–Kier alpha value is -2.04. The number of anilines is 1. The molecule has 0 aliphatic carbocycles. The van der Waals surface area contributed by atoms with E-state index in [0.717, 1.165) is 24.8 Å². The Bertz CT molecular complexity index is 544. The van der Waals surface area contributed by atoms with Crippen LogP contribution >= 0.6 is 0 Å². The second-order valence-corrected chi connectivity index (χ2v) is 5.67. The van der Waals surface area contributed by atoms with Crippen LogP contribution in [0.15, 0.2) is 24.3 Å². The van der Waals surface area contributed by atoms with E-state index in [4.69, 9.17) is 0 Å². The van der Waals surface area contributed by atoms with Crippen LogP contribution in [0, 0.1) is 0 Å². The Morgan fingerprint density at radius 1 is 1.38 bits per heavy atom. The zero-order chi connectivity index (χ0) is 15.5. The average molecular weight is 290 g/mol. The fraction of sp³-hybridized carbons (Fsp3) is 0.500. The molecule has 1 unspecified atom stereocenters. The molecule has 0 saturated carbocycles. The Morgan fingerprint density at radius 2 is 2.14 bits per heavy atom. The van der Waals surface area contributed by atoms with Gasteiger partial charge in [0.1, 0.15) is 5.54 Å². The molecule has 114 valence electrons. The predicted molar refractivity (Wildman–Crippen MR) is 81.4 cm³/mol. The second-order valence-electron chi connectivity index (χ2n) is 5.67. The van der Waals surface area contributed by atoms with Crippen molar-refractivity contribution in [2.45, 2.75) is 45.1 Å². The average Bonchev–Trinajstić information content (AvgIpc) is 2.47. The van der Waals surface area contributed by atoms with Crippen molar-refractivity contribution in [2.75, 3.05) is 11.9 Å². The summed E-state index contributed by atoms with van der Waals surface area (Å²) in [7, 11) is 0. The number of likely N-dealkylation sites (tertiary alicyclic amines) is 1. The molecule has 5 heteroatoms. The van der Waals surface area contributed by atoms with Gasteiger partial charge in [-0.25, -0.2) is 9.59 Å². The van der Waals surface area contributed by atoms with Crippen LogP contribution in [0.2, 0.25) is 0 Å². The van der Waals surface area contributed by atoms with Crippen LogP contribution in [0.4, 0.5) is 10.5 Å². The molecule has 1 aromatic rings. The molecule has 0 bridgehead atoms. The Kier molecular flexibility index (Phi) is 4.50. The van der Waals surface area contributed by atoms with Gasteiger partial charge in [-0.3, -0.25) is 0 Å². The van der Waals surface area contributed by atoms with Gasteiger partial charge in [-0.2, -0.15) is 0 Å². The fourth-order valence-corrected chi connectivity index (χ4v) is 2.73. The molecule has 21 heavy (non-hydrogen) atoms. The van der Waals surface area contributed by atoms with E-state index in [1.807, 2.05) is 31.2 Å². The quantitative estimate of drug-likeness (QED) is 0.898. The molecule has 0 spiro atoms. The molecule has 1 aliphatic rings. The van der Waals surface area contributed by atoms with Crippen molar-refractivity contribution in [1.29, 1.82) is 0 Å². The van der Waals surface area contributed by atoms with Crippen LogP contribution in [0.5, 0.6) is 0 Å². The van der Waals surface area contributed by atoms with E-state index in [1.165, 1.54) is 4.90 Å². The summed E-state index contributed by atoms with van der Waals surface area (Å²) in [5, 5.41) is 12.3.